The molecule has 0 atom stereocenters. The van der Waals surface area contributed by atoms with Crippen LogP contribution in [0.4, 0.5) is 0 Å². The second kappa shape index (κ2) is 4.99. The fourth-order valence-electron chi connectivity index (χ4n) is 2.32. The van der Waals surface area contributed by atoms with Crippen molar-refractivity contribution >= 4 is 0 Å². The molecule has 0 spiro atoms. The van der Waals surface area contributed by atoms with Gasteiger partial charge in [-0.25, -0.2) is 0 Å². The van der Waals surface area contributed by atoms with Crippen molar-refractivity contribution in [3.05, 3.63) is 0 Å². The zero-order chi connectivity index (χ0) is 9.73. The summed E-state index contributed by atoms with van der Waals surface area (Å²) in [4.78, 5) is 0. The molecule has 1 N–H and O–H groups in total. The van der Waals surface area contributed by atoms with E-state index in [1.165, 1.54) is 45.1 Å². The van der Waals surface area contributed by atoms with Gasteiger partial charge in [0.05, 0.1) is 0 Å². The van der Waals surface area contributed by atoms with Crippen LogP contribution in [-0.2, 0) is 0 Å². The summed E-state index contributed by atoms with van der Waals surface area (Å²) in [5.41, 5.74) is 0.497. The Morgan fingerprint density at radius 1 is 1.23 bits per heavy atom. The van der Waals surface area contributed by atoms with Crippen molar-refractivity contribution in [2.75, 3.05) is 6.54 Å². The minimum atomic E-state index is 0.497. The summed E-state index contributed by atoms with van der Waals surface area (Å²) in [6.45, 7) is 8.22. The lowest BCUT2D eigenvalue weighted by Gasteiger charge is -2.26. The average Bonchev–Trinajstić information content (AvgIpc) is 2.52. The summed E-state index contributed by atoms with van der Waals surface area (Å²) in [7, 11) is 0. The fraction of sp³-hybridized carbons (Fsp3) is 1.00. The van der Waals surface area contributed by atoms with Gasteiger partial charge in [-0.2, -0.15) is 0 Å². The standard InChI is InChI=1S/C12H25N/c1-4-9-12(2,3)10-13-11-7-5-6-8-11/h11,13H,4-10H2,1-3H3. The SMILES string of the molecule is CCCC(C)(C)CNC1CCCC1. The van der Waals surface area contributed by atoms with Crippen molar-refractivity contribution in [1.82, 2.24) is 5.32 Å². The van der Waals surface area contributed by atoms with Crippen molar-refractivity contribution in [1.29, 1.82) is 0 Å². The molecule has 1 fully saturated rings. The molecule has 0 aliphatic heterocycles. The maximum absolute atomic E-state index is 3.71. The third-order valence-corrected chi connectivity index (χ3v) is 3.15. The Hall–Kier alpha value is -0.0400. The minimum Gasteiger partial charge on any atom is -0.313 e. The number of hydrogen-bond donors (Lipinski definition) is 1. The Morgan fingerprint density at radius 2 is 1.85 bits per heavy atom. The van der Waals surface area contributed by atoms with Crippen LogP contribution in [0, 0.1) is 5.41 Å². The summed E-state index contributed by atoms with van der Waals surface area (Å²) in [6.07, 6.45) is 8.33. The van der Waals surface area contributed by atoms with E-state index in [9.17, 15) is 0 Å². The van der Waals surface area contributed by atoms with Crippen LogP contribution in [0.5, 0.6) is 0 Å². The van der Waals surface area contributed by atoms with Crippen LogP contribution < -0.4 is 5.32 Å². The molecule has 0 aromatic rings. The van der Waals surface area contributed by atoms with Gasteiger partial charge in [-0.15, -0.1) is 0 Å². The Morgan fingerprint density at radius 3 is 2.38 bits per heavy atom. The molecule has 78 valence electrons. The van der Waals surface area contributed by atoms with E-state index in [0.29, 0.717) is 5.41 Å². The van der Waals surface area contributed by atoms with E-state index in [2.05, 4.69) is 26.1 Å². The normalized spacial score (nSPS) is 19.6. The van der Waals surface area contributed by atoms with Gasteiger partial charge in [-0.1, -0.05) is 40.0 Å². The molecular formula is C12H25N. The van der Waals surface area contributed by atoms with Crippen LogP contribution in [0.1, 0.15) is 59.3 Å². The first kappa shape index (κ1) is 11.0. The lowest BCUT2D eigenvalue weighted by Crippen LogP contribution is -2.35. The molecule has 13 heavy (non-hydrogen) atoms. The van der Waals surface area contributed by atoms with Crippen LogP contribution in [0.15, 0.2) is 0 Å². The molecule has 1 aliphatic rings. The largest absolute Gasteiger partial charge is 0.313 e. The van der Waals surface area contributed by atoms with Crippen LogP contribution in [-0.4, -0.2) is 12.6 Å². The van der Waals surface area contributed by atoms with Gasteiger partial charge in [0.25, 0.3) is 0 Å². The summed E-state index contributed by atoms with van der Waals surface area (Å²) in [5, 5.41) is 3.71. The zero-order valence-corrected chi connectivity index (χ0v) is 9.53. The molecule has 0 bridgehead atoms. The third-order valence-electron chi connectivity index (χ3n) is 3.15. The fourth-order valence-corrected chi connectivity index (χ4v) is 2.32. The van der Waals surface area contributed by atoms with Crippen molar-refractivity contribution in [3.63, 3.8) is 0 Å². The topological polar surface area (TPSA) is 12.0 Å². The molecule has 0 saturated heterocycles. The highest BCUT2D eigenvalue weighted by Gasteiger charge is 2.20. The molecule has 0 aromatic heterocycles. The highest BCUT2D eigenvalue weighted by Crippen LogP contribution is 2.23. The van der Waals surface area contributed by atoms with E-state index in [-0.39, 0.29) is 0 Å². The van der Waals surface area contributed by atoms with Crippen LogP contribution in [0.25, 0.3) is 0 Å². The lowest BCUT2D eigenvalue weighted by atomic mass is 9.88. The van der Waals surface area contributed by atoms with Crippen LogP contribution in [0.3, 0.4) is 0 Å². The predicted molar refractivity (Wildman–Crippen MR) is 58.9 cm³/mol. The Kier molecular flexibility index (Phi) is 4.24. The average molecular weight is 183 g/mol. The zero-order valence-electron chi connectivity index (χ0n) is 9.53. The van der Waals surface area contributed by atoms with Crippen LogP contribution in [0.2, 0.25) is 0 Å². The summed E-state index contributed by atoms with van der Waals surface area (Å²) in [5.74, 6) is 0. The Labute approximate surface area is 83.3 Å². The summed E-state index contributed by atoms with van der Waals surface area (Å²) >= 11 is 0. The van der Waals surface area contributed by atoms with E-state index < -0.39 is 0 Å². The van der Waals surface area contributed by atoms with Gasteiger partial charge in [-0.05, 0) is 24.7 Å². The molecule has 1 nitrogen and oxygen atoms in total. The van der Waals surface area contributed by atoms with E-state index >= 15 is 0 Å². The monoisotopic (exact) mass is 183 g/mol. The quantitative estimate of drug-likeness (QED) is 0.689. The first-order chi connectivity index (χ1) is 6.14. The van der Waals surface area contributed by atoms with Gasteiger partial charge >= 0.3 is 0 Å². The molecule has 0 aromatic carbocycles. The summed E-state index contributed by atoms with van der Waals surface area (Å²) in [6, 6.07) is 0.830. The van der Waals surface area contributed by atoms with Crippen molar-refractivity contribution in [2.24, 2.45) is 5.41 Å². The van der Waals surface area contributed by atoms with Gasteiger partial charge in [0.2, 0.25) is 0 Å². The van der Waals surface area contributed by atoms with E-state index in [1.807, 2.05) is 0 Å². The third kappa shape index (κ3) is 4.12. The van der Waals surface area contributed by atoms with Gasteiger partial charge in [0.1, 0.15) is 0 Å². The molecule has 0 heterocycles. The van der Waals surface area contributed by atoms with Gasteiger partial charge in [0.15, 0.2) is 0 Å². The molecule has 1 heteroatoms. The van der Waals surface area contributed by atoms with Crippen molar-refractivity contribution in [2.45, 2.75) is 65.3 Å². The van der Waals surface area contributed by atoms with Gasteiger partial charge < -0.3 is 5.32 Å². The highest BCUT2D eigenvalue weighted by molar-refractivity contribution is 4.78. The van der Waals surface area contributed by atoms with Gasteiger partial charge in [0, 0.05) is 12.6 Å². The molecule has 0 radical (unpaired) electrons. The van der Waals surface area contributed by atoms with Gasteiger partial charge in [-0.3, -0.25) is 0 Å². The predicted octanol–water partition coefficient (Wildman–Crippen LogP) is 3.34. The maximum atomic E-state index is 3.71. The molecule has 1 aliphatic carbocycles. The van der Waals surface area contributed by atoms with E-state index in [4.69, 9.17) is 0 Å². The Bertz CT molecular complexity index is 134. The number of nitrogens with one attached hydrogen (secondary N) is 1. The van der Waals surface area contributed by atoms with Crippen LogP contribution >= 0.6 is 0 Å². The first-order valence-corrected chi connectivity index (χ1v) is 5.87. The van der Waals surface area contributed by atoms with Crippen molar-refractivity contribution in [3.8, 4) is 0 Å². The van der Waals surface area contributed by atoms with Crippen molar-refractivity contribution < 1.29 is 0 Å². The maximum Gasteiger partial charge on any atom is 0.00672 e. The highest BCUT2D eigenvalue weighted by atomic mass is 14.9. The second-order valence-corrected chi connectivity index (χ2v) is 5.28. The Balaban J connectivity index is 2.15. The molecule has 1 saturated carbocycles. The van der Waals surface area contributed by atoms with E-state index in [1.54, 1.807) is 0 Å². The molecule has 0 amide bonds. The number of rotatable bonds is 5. The van der Waals surface area contributed by atoms with E-state index in [0.717, 1.165) is 6.04 Å². The second-order valence-electron chi connectivity index (χ2n) is 5.28. The molecular weight excluding hydrogens is 158 g/mol. The molecule has 1 rings (SSSR count). The first-order valence-electron chi connectivity index (χ1n) is 5.87. The lowest BCUT2D eigenvalue weighted by molar-refractivity contribution is 0.294. The molecule has 0 unspecified atom stereocenters. The summed E-state index contributed by atoms with van der Waals surface area (Å²) < 4.78 is 0. The minimum absolute atomic E-state index is 0.497. The number of hydrogen-bond acceptors (Lipinski definition) is 1. The smallest absolute Gasteiger partial charge is 0.00672 e.